The molecule has 0 radical (unpaired) electrons. The number of carbonyl (C=O) groups excluding carboxylic acids is 1. The first-order valence-corrected chi connectivity index (χ1v) is 12.2. The van der Waals surface area contributed by atoms with Gasteiger partial charge in [-0.15, -0.1) is 0 Å². The quantitative estimate of drug-likeness (QED) is 0.117. The third-order valence-corrected chi connectivity index (χ3v) is 5.44. The zero-order chi connectivity index (χ0) is 24.6. The van der Waals surface area contributed by atoms with Gasteiger partial charge in [0.2, 0.25) is 0 Å². The van der Waals surface area contributed by atoms with Crippen LogP contribution < -0.4 is 4.74 Å². The van der Waals surface area contributed by atoms with Crippen LogP contribution in [-0.4, -0.2) is 24.3 Å². The molecule has 6 nitrogen and oxygen atoms in total. The molecular formula is C28H38N2O4. The second-order valence-corrected chi connectivity index (χ2v) is 8.61. The third-order valence-electron chi connectivity index (χ3n) is 5.44. The first-order chi connectivity index (χ1) is 16.5. The molecule has 0 aromatic heterocycles. The van der Waals surface area contributed by atoms with Gasteiger partial charge < -0.3 is 14.6 Å². The summed E-state index contributed by atoms with van der Waals surface area (Å²) in [5, 5.41) is 18.0. The van der Waals surface area contributed by atoms with E-state index in [-0.39, 0.29) is 11.7 Å². The fourth-order valence-corrected chi connectivity index (χ4v) is 3.35. The minimum Gasteiger partial charge on any atom is -0.508 e. The predicted molar refractivity (Wildman–Crippen MR) is 136 cm³/mol. The standard InChI is InChI=1S/C28H38N2O4/c1-22(2)28(32)34-20-12-10-8-6-4-5-7-9-11-19-33-26-16-13-24(14-17-26)29-30-25-15-18-27(31)23(3)21-25/h13-18,21,31H,1,4-12,19-20H2,2-3H3/b30-29-. The Morgan fingerprint density at radius 2 is 1.35 bits per heavy atom. The van der Waals surface area contributed by atoms with Gasteiger partial charge in [-0.25, -0.2) is 4.79 Å². The van der Waals surface area contributed by atoms with Crippen LogP contribution in [0.4, 0.5) is 11.4 Å². The number of benzene rings is 2. The number of carbonyl (C=O) groups is 1. The average Bonchev–Trinajstić information content (AvgIpc) is 2.83. The monoisotopic (exact) mass is 466 g/mol. The highest BCUT2D eigenvalue weighted by atomic mass is 16.5. The molecule has 1 N–H and O–H groups in total. The van der Waals surface area contributed by atoms with Crippen LogP contribution in [0.15, 0.2) is 64.8 Å². The van der Waals surface area contributed by atoms with E-state index < -0.39 is 0 Å². The predicted octanol–water partition coefficient (Wildman–Crippen LogP) is 8.13. The Hall–Kier alpha value is -3.15. The van der Waals surface area contributed by atoms with Crippen molar-refractivity contribution in [2.75, 3.05) is 13.2 Å². The van der Waals surface area contributed by atoms with Gasteiger partial charge in [0.15, 0.2) is 0 Å². The number of aryl methyl sites for hydroxylation is 1. The van der Waals surface area contributed by atoms with E-state index >= 15 is 0 Å². The Morgan fingerprint density at radius 3 is 1.94 bits per heavy atom. The summed E-state index contributed by atoms with van der Waals surface area (Å²) in [5.41, 5.74) is 2.70. The SMILES string of the molecule is C=C(C)C(=O)OCCCCCCCCCCCOc1ccc(/N=N\c2ccc(O)c(C)c2)cc1. The van der Waals surface area contributed by atoms with Crippen LogP contribution >= 0.6 is 0 Å². The van der Waals surface area contributed by atoms with Gasteiger partial charge in [-0.1, -0.05) is 51.5 Å². The minimum absolute atomic E-state index is 0.257. The number of hydrogen-bond donors (Lipinski definition) is 1. The minimum atomic E-state index is -0.288. The van der Waals surface area contributed by atoms with Gasteiger partial charge in [-0.05, 0) is 74.7 Å². The van der Waals surface area contributed by atoms with E-state index in [1.54, 1.807) is 25.1 Å². The summed E-state index contributed by atoms with van der Waals surface area (Å²) in [7, 11) is 0. The highest BCUT2D eigenvalue weighted by Gasteiger charge is 2.02. The molecule has 0 saturated heterocycles. The molecule has 0 saturated carbocycles. The number of unbranched alkanes of at least 4 members (excludes halogenated alkanes) is 8. The largest absolute Gasteiger partial charge is 0.508 e. The summed E-state index contributed by atoms with van der Waals surface area (Å²) in [6.07, 6.45) is 10.4. The number of aromatic hydroxyl groups is 1. The average molecular weight is 467 g/mol. The van der Waals surface area contributed by atoms with Crippen LogP contribution in [0.3, 0.4) is 0 Å². The summed E-state index contributed by atoms with van der Waals surface area (Å²) in [5.74, 6) is 0.811. The second-order valence-electron chi connectivity index (χ2n) is 8.61. The number of ether oxygens (including phenoxy) is 2. The Bertz CT molecular complexity index is 923. The van der Waals surface area contributed by atoms with Crippen molar-refractivity contribution in [1.82, 2.24) is 0 Å². The molecule has 6 heteroatoms. The molecule has 0 aliphatic rings. The first kappa shape index (κ1) is 27.1. The molecule has 0 atom stereocenters. The maximum atomic E-state index is 11.3. The number of phenolic OH excluding ortho intramolecular Hbond substituents is 1. The zero-order valence-corrected chi connectivity index (χ0v) is 20.6. The van der Waals surface area contributed by atoms with Crippen molar-refractivity contribution in [2.45, 2.75) is 71.6 Å². The summed E-state index contributed by atoms with van der Waals surface area (Å²) in [6.45, 7) is 8.29. The lowest BCUT2D eigenvalue weighted by Crippen LogP contribution is -2.05. The second kappa shape index (κ2) is 15.6. The lowest BCUT2D eigenvalue weighted by Gasteiger charge is -2.06. The molecule has 0 heterocycles. The fraction of sp³-hybridized carbons (Fsp3) is 0.464. The van der Waals surface area contributed by atoms with E-state index in [0.717, 1.165) is 42.9 Å². The molecule has 0 amide bonds. The van der Waals surface area contributed by atoms with Gasteiger partial charge in [-0.3, -0.25) is 0 Å². The molecule has 2 rings (SSSR count). The van der Waals surface area contributed by atoms with Crippen LogP contribution in [0.2, 0.25) is 0 Å². The van der Waals surface area contributed by atoms with Crippen LogP contribution in [0.5, 0.6) is 11.5 Å². The van der Waals surface area contributed by atoms with Crippen molar-refractivity contribution >= 4 is 17.3 Å². The topological polar surface area (TPSA) is 80.5 Å². The zero-order valence-electron chi connectivity index (χ0n) is 20.6. The molecular weight excluding hydrogens is 428 g/mol. The Labute approximate surface area is 203 Å². The maximum absolute atomic E-state index is 11.3. The van der Waals surface area contributed by atoms with E-state index in [4.69, 9.17) is 9.47 Å². The normalized spacial score (nSPS) is 11.0. The molecule has 184 valence electrons. The van der Waals surface area contributed by atoms with Crippen molar-refractivity contribution in [1.29, 1.82) is 0 Å². The van der Waals surface area contributed by atoms with Crippen LogP contribution in [0, 0.1) is 6.92 Å². The molecule has 0 fully saturated rings. The van der Waals surface area contributed by atoms with Crippen molar-refractivity contribution < 1.29 is 19.4 Å². The summed E-state index contributed by atoms with van der Waals surface area (Å²) < 4.78 is 10.9. The summed E-state index contributed by atoms with van der Waals surface area (Å²) in [6, 6.07) is 12.7. The number of hydrogen-bond acceptors (Lipinski definition) is 6. The lowest BCUT2D eigenvalue weighted by atomic mass is 10.1. The molecule has 0 aliphatic heterocycles. The van der Waals surface area contributed by atoms with E-state index in [2.05, 4.69) is 16.8 Å². The van der Waals surface area contributed by atoms with Crippen LogP contribution in [0.1, 0.15) is 70.3 Å². The maximum Gasteiger partial charge on any atom is 0.333 e. The Kier molecular flexibility index (Phi) is 12.5. The van der Waals surface area contributed by atoms with Crippen LogP contribution in [0.25, 0.3) is 0 Å². The van der Waals surface area contributed by atoms with Gasteiger partial charge in [0, 0.05) is 5.57 Å². The highest BCUT2D eigenvalue weighted by molar-refractivity contribution is 5.86. The molecule has 0 bridgehead atoms. The number of azo groups is 1. The van der Waals surface area contributed by atoms with Crippen molar-refractivity contribution in [3.8, 4) is 11.5 Å². The third kappa shape index (κ3) is 11.1. The summed E-state index contributed by atoms with van der Waals surface area (Å²) in [4.78, 5) is 11.3. The van der Waals surface area contributed by atoms with Crippen LogP contribution in [-0.2, 0) is 9.53 Å². The molecule has 2 aromatic rings. The van der Waals surface area contributed by atoms with Crippen molar-refractivity contribution in [3.05, 3.63) is 60.2 Å². The Balaban J connectivity index is 1.47. The van der Waals surface area contributed by atoms with E-state index in [1.165, 1.54) is 38.5 Å². The van der Waals surface area contributed by atoms with E-state index in [1.807, 2.05) is 31.2 Å². The molecule has 34 heavy (non-hydrogen) atoms. The van der Waals surface area contributed by atoms with Gasteiger partial charge in [0.05, 0.1) is 24.6 Å². The van der Waals surface area contributed by atoms with Gasteiger partial charge in [0.1, 0.15) is 11.5 Å². The smallest absolute Gasteiger partial charge is 0.333 e. The fourth-order valence-electron chi connectivity index (χ4n) is 3.35. The Morgan fingerprint density at radius 1 is 0.824 bits per heavy atom. The molecule has 0 aliphatic carbocycles. The molecule has 2 aromatic carbocycles. The van der Waals surface area contributed by atoms with Gasteiger partial charge >= 0.3 is 5.97 Å². The van der Waals surface area contributed by atoms with Crippen molar-refractivity contribution in [3.63, 3.8) is 0 Å². The first-order valence-electron chi connectivity index (χ1n) is 12.2. The van der Waals surface area contributed by atoms with Gasteiger partial charge in [-0.2, -0.15) is 10.2 Å². The van der Waals surface area contributed by atoms with E-state index in [9.17, 15) is 9.90 Å². The van der Waals surface area contributed by atoms with E-state index in [0.29, 0.717) is 17.9 Å². The van der Waals surface area contributed by atoms with Gasteiger partial charge in [0.25, 0.3) is 0 Å². The number of esters is 1. The molecule has 0 spiro atoms. The summed E-state index contributed by atoms with van der Waals surface area (Å²) >= 11 is 0. The molecule has 0 unspecified atom stereocenters. The number of rotatable bonds is 16. The lowest BCUT2D eigenvalue weighted by molar-refractivity contribution is -0.139. The number of nitrogens with zero attached hydrogens (tertiary/aromatic N) is 2. The highest BCUT2D eigenvalue weighted by Crippen LogP contribution is 2.25. The number of phenols is 1. The van der Waals surface area contributed by atoms with Crippen molar-refractivity contribution in [2.24, 2.45) is 10.2 Å².